The Morgan fingerprint density at radius 2 is 2.20 bits per heavy atom. The van der Waals surface area contributed by atoms with Crippen LogP contribution in [0.25, 0.3) is 0 Å². The van der Waals surface area contributed by atoms with E-state index < -0.39 is 23.6 Å². The van der Waals surface area contributed by atoms with E-state index in [4.69, 9.17) is 5.73 Å². The van der Waals surface area contributed by atoms with Crippen LogP contribution in [-0.4, -0.2) is 18.2 Å². The Hall–Kier alpha value is -1.62. The molecule has 0 unspecified atom stereocenters. The van der Waals surface area contributed by atoms with Gasteiger partial charge < -0.3 is 15.6 Å². The molecule has 15 heavy (non-hydrogen) atoms. The first-order valence-electron chi connectivity index (χ1n) is 4.29. The average molecular weight is 213 g/mol. The van der Waals surface area contributed by atoms with Crippen LogP contribution in [0.15, 0.2) is 12.1 Å². The summed E-state index contributed by atoms with van der Waals surface area (Å²) in [6, 6.07) is 1.42. The van der Waals surface area contributed by atoms with E-state index >= 15 is 0 Å². The van der Waals surface area contributed by atoms with Gasteiger partial charge in [0.25, 0.3) is 0 Å². The van der Waals surface area contributed by atoms with Crippen molar-refractivity contribution in [3.63, 3.8) is 0 Å². The highest BCUT2D eigenvalue weighted by Gasteiger charge is 2.22. The normalized spacial score (nSPS) is 12.3. The predicted octanol–water partition coefficient (Wildman–Crippen LogP) is 1.01. The summed E-state index contributed by atoms with van der Waals surface area (Å²) in [4.78, 5) is 11.1. The number of halogens is 1. The SMILES string of the molecule is COC(=O)[C@H](N)c1cc(C)cc(F)c1O. The summed E-state index contributed by atoms with van der Waals surface area (Å²) in [6.45, 7) is 1.63. The fourth-order valence-corrected chi connectivity index (χ4v) is 1.25. The number of carbonyl (C=O) groups is 1. The van der Waals surface area contributed by atoms with Crippen molar-refractivity contribution in [2.24, 2.45) is 5.73 Å². The van der Waals surface area contributed by atoms with E-state index in [1.165, 1.54) is 13.2 Å². The van der Waals surface area contributed by atoms with Gasteiger partial charge in [-0.3, -0.25) is 4.79 Å². The number of benzene rings is 1. The Morgan fingerprint density at radius 1 is 1.60 bits per heavy atom. The van der Waals surface area contributed by atoms with E-state index in [9.17, 15) is 14.3 Å². The third-order valence-corrected chi connectivity index (χ3v) is 2.03. The maximum absolute atomic E-state index is 13.1. The third kappa shape index (κ3) is 2.24. The topological polar surface area (TPSA) is 72.5 Å². The molecule has 1 rings (SSSR count). The van der Waals surface area contributed by atoms with Crippen molar-refractivity contribution in [3.8, 4) is 5.75 Å². The summed E-state index contributed by atoms with van der Waals surface area (Å²) in [5, 5.41) is 9.37. The summed E-state index contributed by atoms with van der Waals surface area (Å²) >= 11 is 0. The molecule has 1 aromatic rings. The Balaban J connectivity index is 3.19. The van der Waals surface area contributed by atoms with Gasteiger partial charge in [-0.1, -0.05) is 6.07 Å². The quantitative estimate of drug-likeness (QED) is 0.719. The highest BCUT2D eigenvalue weighted by atomic mass is 19.1. The fraction of sp³-hybridized carbons (Fsp3) is 0.300. The van der Waals surface area contributed by atoms with Crippen LogP contribution >= 0.6 is 0 Å². The molecule has 0 saturated carbocycles. The first-order valence-corrected chi connectivity index (χ1v) is 4.29. The Morgan fingerprint density at radius 3 is 2.73 bits per heavy atom. The molecule has 0 aliphatic rings. The standard InChI is InChI=1S/C10H12FNO3/c1-5-3-6(8(12)10(14)15-2)9(13)7(11)4-5/h3-4,8,13H,12H2,1-2H3/t8-/m1/s1. The minimum Gasteiger partial charge on any atom is -0.505 e. The number of phenolic OH excluding ortho intramolecular Hbond substituents is 1. The second kappa shape index (κ2) is 4.27. The van der Waals surface area contributed by atoms with Crippen LogP contribution in [0.5, 0.6) is 5.75 Å². The molecule has 0 radical (unpaired) electrons. The number of hydrogen-bond donors (Lipinski definition) is 2. The van der Waals surface area contributed by atoms with E-state index in [-0.39, 0.29) is 5.56 Å². The molecule has 3 N–H and O–H groups in total. The van der Waals surface area contributed by atoms with Crippen molar-refractivity contribution in [1.82, 2.24) is 0 Å². The van der Waals surface area contributed by atoms with E-state index in [0.29, 0.717) is 5.56 Å². The van der Waals surface area contributed by atoms with Crippen molar-refractivity contribution in [1.29, 1.82) is 0 Å². The van der Waals surface area contributed by atoms with Gasteiger partial charge in [-0.15, -0.1) is 0 Å². The van der Waals surface area contributed by atoms with Gasteiger partial charge in [0, 0.05) is 5.56 Å². The lowest BCUT2D eigenvalue weighted by molar-refractivity contribution is -0.142. The van der Waals surface area contributed by atoms with Gasteiger partial charge >= 0.3 is 5.97 Å². The molecular formula is C10H12FNO3. The zero-order valence-corrected chi connectivity index (χ0v) is 8.45. The van der Waals surface area contributed by atoms with Crippen LogP contribution in [0.4, 0.5) is 4.39 Å². The molecule has 0 aliphatic heterocycles. The van der Waals surface area contributed by atoms with Gasteiger partial charge in [-0.2, -0.15) is 0 Å². The van der Waals surface area contributed by atoms with E-state index in [0.717, 1.165) is 6.07 Å². The smallest absolute Gasteiger partial charge is 0.327 e. The highest BCUT2D eigenvalue weighted by Crippen LogP contribution is 2.27. The predicted molar refractivity (Wildman–Crippen MR) is 51.7 cm³/mol. The summed E-state index contributed by atoms with van der Waals surface area (Å²) < 4.78 is 17.5. The second-order valence-corrected chi connectivity index (χ2v) is 3.19. The highest BCUT2D eigenvalue weighted by molar-refractivity contribution is 5.78. The lowest BCUT2D eigenvalue weighted by atomic mass is 10.0. The molecule has 0 fully saturated rings. The van der Waals surface area contributed by atoms with Crippen LogP contribution in [0, 0.1) is 12.7 Å². The molecule has 1 atom stereocenters. The van der Waals surface area contributed by atoms with Gasteiger partial charge in [-0.25, -0.2) is 4.39 Å². The largest absolute Gasteiger partial charge is 0.505 e. The van der Waals surface area contributed by atoms with Crippen LogP contribution in [0.3, 0.4) is 0 Å². The molecule has 82 valence electrons. The zero-order valence-electron chi connectivity index (χ0n) is 8.45. The summed E-state index contributed by atoms with van der Waals surface area (Å²) in [5.41, 5.74) is 6.08. The fourth-order valence-electron chi connectivity index (χ4n) is 1.25. The van der Waals surface area contributed by atoms with E-state index in [1.807, 2.05) is 0 Å². The maximum atomic E-state index is 13.1. The Bertz CT molecular complexity index is 392. The number of aromatic hydroxyl groups is 1. The van der Waals surface area contributed by atoms with Gasteiger partial charge in [0.05, 0.1) is 7.11 Å². The molecule has 1 aromatic carbocycles. The van der Waals surface area contributed by atoms with Crippen LogP contribution in [-0.2, 0) is 9.53 Å². The van der Waals surface area contributed by atoms with Crippen molar-refractivity contribution >= 4 is 5.97 Å². The number of nitrogens with two attached hydrogens (primary N) is 1. The number of hydrogen-bond acceptors (Lipinski definition) is 4. The van der Waals surface area contributed by atoms with Crippen LogP contribution < -0.4 is 5.73 Å². The maximum Gasteiger partial charge on any atom is 0.327 e. The van der Waals surface area contributed by atoms with Crippen LogP contribution in [0.2, 0.25) is 0 Å². The van der Waals surface area contributed by atoms with E-state index in [1.54, 1.807) is 6.92 Å². The molecular weight excluding hydrogens is 201 g/mol. The number of rotatable bonds is 2. The first-order chi connectivity index (χ1) is 6.97. The molecule has 0 saturated heterocycles. The molecule has 5 heteroatoms. The average Bonchev–Trinajstić information content (AvgIpc) is 2.21. The second-order valence-electron chi connectivity index (χ2n) is 3.19. The minimum absolute atomic E-state index is 0.0272. The number of ether oxygens (including phenoxy) is 1. The summed E-state index contributed by atoms with van der Waals surface area (Å²) in [6.07, 6.45) is 0. The van der Waals surface area contributed by atoms with Crippen molar-refractivity contribution in [2.45, 2.75) is 13.0 Å². The molecule has 0 amide bonds. The molecule has 0 aromatic heterocycles. The number of methoxy groups -OCH3 is 1. The zero-order chi connectivity index (χ0) is 11.6. The number of phenols is 1. The molecule has 0 bridgehead atoms. The molecule has 0 spiro atoms. The molecule has 0 aliphatic carbocycles. The molecule has 4 nitrogen and oxygen atoms in total. The van der Waals surface area contributed by atoms with Crippen molar-refractivity contribution in [2.75, 3.05) is 7.11 Å². The summed E-state index contributed by atoms with van der Waals surface area (Å²) in [5.74, 6) is -2.14. The summed E-state index contributed by atoms with van der Waals surface area (Å²) in [7, 11) is 1.17. The number of esters is 1. The Labute approximate surface area is 86.5 Å². The van der Waals surface area contributed by atoms with Crippen LogP contribution in [0.1, 0.15) is 17.2 Å². The van der Waals surface area contributed by atoms with Gasteiger partial charge in [0.1, 0.15) is 6.04 Å². The molecule has 0 heterocycles. The van der Waals surface area contributed by atoms with Gasteiger partial charge in [0.2, 0.25) is 0 Å². The minimum atomic E-state index is -1.18. The lowest BCUT2D eigenvalue weighted by Gasteiger charge is -2.12. The van der Waals surface area contributed by atoms with Gasteiger partial charge in [-0.05, 0) is 18.6 Å². The third-order valence-electron chi connectivity index (χ3n) is 2.03. The van der Waals surface area contributed by atoms with Crippen molar-refractivity contribution < 1.29 is 19.0 Å². The first kappa shape index (κ1) is 11.5. The number of aryl methyl sites for hydroxylation is 1. The monoisotopic (exact) mass is 213 g/mol. The van der Waals surface area contributed by atoms with Gasteiger partial charge in [0.15, 0.2) is 11.6 Å². The van der Waals surface area contributed by atoms with E-state index in [2.05, 4.69) is 4.74 Å². The number of carbonyl (C=O) groups excluding carboxylic acids is 1. The van der Waals surface area contributed by atoms with Crippen molar-refractivity contribution in [3.05, 3.63) is 29.1 Å². The Kier molecular flexibility index (Phi) is 3.26. The lowest BCUT2D eigenvalue weighted by Crippen LogP contribution is -2.23.